The number of halogens is 1. The highest BCUT2D eigenvalue weighted by atomic mass is 79.9. The summed E-state index contributed by atoms with van der Waals surface area (Å²) in [5, 5.41) is 3.81. The van der Waals surface area contributed by atoms with E-state index in [0.29, 0.717) is 6.54 Å². The number of hydrogen-bond donors (Lipinski definition) is 1. The van der Waals surface area contributed by atoms with Gasteiger partial charge in [-0.3, -0.25) is 4.79 Å². The van der Waals surface area contributed by atoms with Crippen molar-refractivity contribution in [3.8, 4) is 0 Å². The van der Waals surface area contributed by atoms with Crippen molar-refractivity contribution in [3.63, 3.8) is 0 Å². The second-order valence-corrected chi connectivity index (χ2v) is 4.64. The maximum absolute atomic E-state index is 11.8. The number of rotatable bonds is 5. The molecule has 0 fully saturated rings. The van der Waals surface area contributed by atoms with Gasteiger partial charge in [0.2, 0.25) is 0 Å². The number of nitrogens with one attached hydrogen (secondary N) is 1. The minimum absolute atomic E-state index is 0.0147. The Morgan fingerprint density at radius 1 is 1.47 bits per heavy atom. The van der Waals surface area contributed by atoms with Crippen molar-refractivity contribution in [2.24, 2.45) is 0 Å². The summed E-state index contributed by atoms with van der Waals surface area (Å²) in [5.41, 5.74) is 0.763. The fourth-order valence-electron chi connectivity index (χ4n) is 1.20. The summed E-state index contributed by atoms with van der Waals surface area (Å²) in [7, 11) is 0. The number of amides is 1. The highest BCUT2D eigenvalue weighted by molar-refractivity contribution is 9.09. The Kier molecular flexibility index (Phi) is 5.79. The van der Waals surface area contributed by atoms with Crippen molar-refractivity contribution in [2.75, 3.05) is 18.1 Å². The Bertz CT molecular complexity index is 330. The Morgan fingerprint density at radius 2 is 2.20 bits per heavy atom. The van der Waals surface area contributed by atoms with Crippen LogP contribution < -0.4 is 5.32 Å². The number of hydrogen-bond acceptors (Lipinski definition) is 2. The van der Waals surface area contributed by atoms with Gasteiger partial charge >= 0.3 is 0 Å². The first-order chi connectivity index (χ1) is 7.29. The molecular weight excluding hydrogens is 274 g/mol. The van der Waals surface area contributed by atoms with Gasteiger partial charge in [0.05, 0.1) is 5.56 Å². The molecule has 0 aromatic heterocycles. The zero-order valence-corrected chi connectivity index (χ0v) is 11.0. The Hall–Kier alpha value is -0.480. The molecule has 1 aromatic rings. The van der Waals surface area contributed by atoms with Crippen LogP contribution in [-0.4, -0.2) is 24.0 Å². The van der Waals surface area contributed by atoms with Crippen molar-refractivity contribution in [3.05, 3.63) is 29.8 Å². The quantitative estimate of drug-likeness (QED) is 0.513. The Balaban J connectivity index is 2.64. The molecule has 0 aliphatic rings. The minimum Gasteiger partial charge on any atom is -0.352 e. The van der Waals surface area contributed by atoms with Crippen molar-refractivity contribution in [1.29, 1.82) is 0 Å². The van der Waals surface area contributed by atoms with Crippen LogP contribution in [0.15, 0.2) is 29.2 Å². The molecule has 0 spiro atoms. The summed E-state index contributed by atoms with van der Waals surface area (Å²) < 4.78 is 0. The molecule has 0 saturated carbocycles. The van der Waals surface area contributed by atoms with E-state index in [-0.39, 0.29) is 5.91 Å². The van der Waals surface area contributed by atoms with Crippen molar-refractivity contribution >= 4 is 33.6 Å². The number of alkyl halides is 1. The standard InChI is InChI=1S/C11H14BrNOS/c1-15-10-6-3-2-5-9(10)11(14)13-8-4-7-12/h2-3,5-6H,4,7-8H2,1H3,(H,13,14). The number of carbonyl (C=O) groups excluding carboxylic acids is 1. The average molecular weight is 288 g/mol. The van der Waals surface area contributed by atoms with Crippen LogP contribution in [0.4, 0.5) is 0 Å². The molecule has 1 amide bonds. The van der Waals surface area contributed by atoms with Gasteiger partial charge in [-0.15, -0.1) is 11.8 Å². The predicted octanol–water partition coefficient (Wildman–Crippen LogP) is 2.92. The van der Waals surface area contributed by atoms with Gasteiger partial charge in [-0.25, -0.2) is 0 Å². The van der Waals surface area contributed by atoms with Gasteiger partial charge in [-0.05, 0) is 24.8 Å². The molecule has 0 aliphatic carbocycles. The summed E-state index contributed by atoms with van der Waals surface area (Å²) in [5.74, 6) is 0.0147. The molecular formula is C11H14BrNOS. The second-order valence-electron chi connectivity index (χ2n) is 3.00. The zero-order valence-electron chi connectivity index (χ0n) is 8.63. The molecule has 0 radical (unpaired) electrons. The van der Waals surface area contributed by atoms with Crippen molar-refractivity contribution in [2.45, 2.75) is 11.3 Å². The van der Waals surface area contributed by atoms with E-state index in [9.17, 15) is 4.79 Å². The lowest BCUT2D eigenvalue weighted by atomic mass is 10.2. The Labute approximate surface area is 103 Å². The largest absolute Gasteiger partial charge is 0.352 e. The van der Waals surface area contributed by atoms with E-state index in [1.807, 2.05) is 30.5 Å². The van der Waals surface area contributed by atoms with Crippen LogP contribution in [0.2, 0.25) is 0 Å². The van der Waals surface area contributed by atoms with E-state index in [1.54, 1.807) is 11.8 Å². The fraction of sp³-hybridized carbons (Fsp3) is 0.364. The van der Waals surface area contributed by atoms with Crippen molar-refractivity contribution < 1.29 is 4.79 Å². The van der Waals surface area contributed by atoms with Crippen LogP contribution in [-0.2, 0) is 0 Å². The van der Waals surface area contributed by atoms with Gasteiger partial charge < -0.3 is 5.32 Å². The van der Waals surface area contributed by atoms with Crippen LogP contribution >= 0.6 is 27.7 Å². The van der Waals surface area contributed by atoms with Crippen LogP contribution in [0, 0.1) is 0 Å². The van der Waals surface area contributed by atoms with Crippen LogP contribution in [0.3, 0.4) is 0 Å². The monoisotopic (exact) mass is 287 g/mol. The summed E-state index contributed by atoms with van der Waals surface area (Å²) in [6.07, 6.45) is 2.93. The maximum atomic E-state index is 11.8. The SMILES string of the molecule is CSc1ccccc1C(=O)NCCCBr. The van der Waals surface area contributed by atoms with Crippen LogP contribution in [0.5, 0.6) is 0 Å². The van der Waals surface area contributed by atoms with E-state index < -0.39 is 0 Å². The summed E-state index contributed by atoms with van der Waals surface area (Å²) in [4.78, 5) is 12.8. The van der Waals surface area contributed by atoms with Gasteiger partial charge in [-0.1, -0.05) is 28.1 Å². The molecule has 0 bridgehead atoms. The van der Waals surface area contributed by atoms with Crippen molar-refractivity contribution in [1.82, 2.24) is 5.32 Å². The highest BCUT2D eigenvalue weighted by Gasteiger charge is 2.08. The molecule has 0 saturated heterocycles. The molecule has 4 heteroatoms. The first-order valence-corrected chi connectivity index (χ1v) is 7.11. The summed E-state index contributed by atoms with van der Waals surface area (Å²) >= 11 is 4.92. The third kappa shape index (κ3) is 3.87. The molecule has 0 atom stereocenters. The molecule has 0 aliphatic heterocycles. The number of benzene rings is 1. The molecule has 1 aromatic carbocycles. The van der Waals surface area contributed by atoms with E-state index in [0.717, 1.165) is 22.2 Å². The van der Waals surface area contributed by atoms with E-state index in [1.165, 1.54) is 0 Å². The van der Waals surface area contributed by atoms with Gasteiger partial charge in [0.1, 0.15) is 0 Å². The normalized spacial score (nSPS) is 10.0. The maximum Gasteiger partial charge on any atom is 0.252 e. The van der Waals surface area contributed by atoms with E-state index in [4.69, 9.17) is 0 Å². The minimum atomic E-state index is 0.0147. The average Bonchev–Trinajstić information content (AvgIpc) is 2.29. The molecule has 1 N–H and O–H groups in total. The molecule has 2 nitrogen and oxygen atoms in total. The first-order valence-electron chi connectivity index (χ1n) is 4.76. The van der Waals surface area contributed by atoms with Crippen LogP contribution in [0.1, 0.15) is 16.8 Å². The van der Waals surface area contributed by atoms with Gasteiger partial charge in [-0.2, -0.15) is 0 Å². The zero-order chi connectivity index (χ0) is 11.1. The highest BCUT2D eigenvalue weighted by Crippen LogP contribution is 2.19. The second kappa shape index (κ2) is 6.90. The summed E-state index contributed by atoms with van der Waals surface area (Å²) in [6, 6.07) is 7.65. The third-order valence-corrected chi connectivity index (χ3v) is 3.30. The molecule has 15 heavy (non-hydrogen) atoms. The summed E-state index contributed by atoms with van der Waals surface area (Å²) in [6.45, 7) is 0.715. The number of carbonyl (C=O) groups is 1. The number of thioether (sulfide) groups is 1. The third-order valence-electron chi connectivity index (χ3n) is 1.95. The van der Waals surface area contributed by atoms with Crippen LogP contribution in [0.25, 0.3) is 0 Å². The lowest BCUT2D eigenvalue weighted by Gasteiger charge is -2.07. The lowest BCUT2D eigenvalue weighted by Crippen LogP contribution is -2.25. The molecule has 82 valence electrons. The van der Waals surface area contributed by atoms with Gasteiger partial charge in [0.15, 0.2) is 0 Å². The fourth-order valence-corrected chi connectivity index (χ4v) is 2.07. The Morgan fingerprint density at radius 3 is 2.87 bits per heavy atom. The van der Waals surface area contributed by atoms with Gasteiger partial charge in [0, 0.05) is 16.8 Å². The van der Waals surface area contributed by atoms with E-state index in [2.05, 4.69) is 21.2 Å². The first kappa shape index (κ1) is 12.6. The van der Waals surface area contributed by atoms with E-state index >= 15 is 0 Å². The molecule has 1 rings (SSSR count). The predicted molar refractivity (Wildman–Crippen MR) is 69.0 cm³/mol. The molecule has 0 unspecified atom stereocenters. The van der Waals surface area contributed by atoms with Gasteiger partial charge in [0.25, 0.3) is 5.91 Å². The lowest BCUT2D eigenvalue weighted by molar-refractivity contribution is 0.0951. The topological polar surface area (TPSA) is 29.1 Å². The smallest absolute Gasteiger partial charge is 0.252 e. The molecule has 0 heterocycles.